The van der Waals surface area contributed by atoms with Crippen molar-refractivity contribution in [2.75, 3.05) is 7.05 Å². The maximum atomic E-state index is 12.6. The van der Waals surface area contributed by atoms with Gasteiger partial charge in [-0.05, 0) is 30.5 Å². The van der Waals surface area contributed by atoms with E-state index >= 15 is 0 Å². The summed E-state index contributed by atoms with van der Waals surface area (Å²) in [7, 11) is 1.75. The quantitative estimate of drug-likeness (QED) is 0.908. The summed E-state index contributed by atoms with van der Waals surface area (Å²) in [5.74, 6) is -0.545. The topological polar surface area (TPSA) is 81.2 Å². The van der Waals surface area contributed by atoms with Crippen LogP contribution in [0.15, 0.2) is 36.7 Å². The number of primary amides is 1. The zero-order valence-electron chi connectivity index (χ0n) is 14.5. The number of amides is 2. The maximum Gasteiger partial charge on any atom is 0.257 e. The normalized spacial score (nSPS) is 15.1. The molecule has 0 saturated heterocycles. The number of aromatic nitrogens is 2. The molecule has 1 aromatic heterocycles. The molecule has 0 aliphatic heterocycles. The lowest BCUT2D eigenvalue weighted by Gasteiger charge is -2.21. The highest BCUT2D eigenvalue weighted by Gasteiger charge is 2.19. The van der Waals surface area contributed by atoms with Crippen molar-refractivity contribution in [2.24, 2.45) is 5.73 Å². The largest absolute Gasteiger partial charge is 0.366 e. The van der Waals surface area contributed by atoms with Gasteiger partial charge in [0.05, 0.1) is 17.8 Å². The highest BCUT2D eigenvalue weighted by molar-refractivity contribution is 5.94. The van der Waals surface area contributed by atoms with E-state index in [1.165, 1.54) is 19.3 Å². The number of hydrogen-bond donors (Lipinski definition) is 1. The van der Waals surface area contributed by atoms with Crippen LogP contribution < -0.4 is 5.73 Å². The molecule has 2 amide bonds. The van der Waals surface area contributed by atoms with Crippen LogP contribution >= 0.6 is 0 Å². The van der Waals surface area contributed by atoms with Gasteiger partial charge in [0.1, 0.15) is 0 Å². The number of hydrogen-bond acceptors (Lipinski definition) is 3. The molecule has 0 atom stereocenters. The maximum absolute atomic E-state index is 12.6. The fourth-order valence-corrected chi connectivity index (χ4v) is 3.38. The highest BCUT2D eigenvalue weighted by atomic mass is 16.2. The second kappa shape index (κ2) is 7.51. The van der Waals surface area contributed by atoms with E-state index in [0.717, 1.165) is 18.4 Å². The Kier molecular flexibility index (Phi) is 5.16. The molecule has 0 unspecified atom stereocenters. The molecule has 0 spiro atoms. The van der Waals surface area contributed by atoms with Crippen molar-refractivity contribution < 1.29 is 9.59 Å². The molecule has 2 aromatic rings. The molecule has 1 aliphatic carbocycles. The first-order chi connectivity index (χ1) is 12.0. The number of nitrogens with zero attached hydrogens (tertiary/aromatic N) is 3. The van der Waals surface area contributed by atoms with Crippen molar-refractivity contribution in [3.05, 3.63) is 53.3 Å². The second-order valence-electron chi connectivity index (χ2n) is 6.73. The van der Waals surface area contributed by atoms with Gasteiger partial charge in [0.25, 0.3) is 5.91 Å². The number of carbonyl (C=O) groups excluding carboxylic acids is 2. The second-order valence-corrected chi connectivity index (χ2v) is 6.73. The van der Waals surface area contributed by atoms with Gasteiger partial charge in [0.15, 0.2) is 0 Å². The zero-order valence-corrected chi connectivity index (χ0v) is 14.5. The first-order valence-corrected chi connectivity index (χ1v) is 8.73. The van der Waals surface area contributed by atoms with E-state index in [9.17, 15) is 9.59 Å². The Labute approximate surface area is 147 Å². The van der Waals surface area contributed by atoms with Crippen molar-refractivity contribution >= 4 is 11.8 Å². The van der Waals surface area contributed by atoms with Gasteiger partial charge < -0.3 is 10.6 Å². The van der Waals surface area contributed by atoms with E-state index in [1.807, 2.05) is 16.9 Å². The van der Waals surface area contributed by atoms with Crippen molar-refractivity contribution in [1.29, 1.82) is 0 Å². The van der Waals surface area contributed by atoms with Crippen LogP contribution in [-0.4, -0.2) is 33.5 Å². The van der Waals surface area contributed by atoms with Crippen LogP contribution in [0.5, 0.6) is 0 Å². The molecule has 25 heavy (non-hydrogen) atoms. The van der Waals surface area contributed by atoms with E-state index < -0.39 is 5.91 Å². The van der Waals surface area contributed by atoms with Gasteiger partial charge in [0, 0.05) is 25.4 Å². The molecule has 6 nitrogen and oxygen atoms in total. The zero-order chi connectivity index (χ0) is 17.8. The Hall–Kier alpha value is -2.63. The standard InChI is InChI=1S/C19H24N4O2/c1-22(12-14-6-5-7-15(10-14)18(20)24)19(25)16-11-21-23(13-16)17-8-3-2-4-9-17/h5-7,10-11,13,17H,2-4,8-9,12H2,1H3,(H2,20,24). The fraction of sp³-hybridized carbons (Fsp3) is 0.421. The first-order valence-electron chi connectivity index (χ1n) is 8.73. The van der Waals surface area contributed by atoms with Gasteiger partial charge in [-0.2, -0.15) is 5.10 Å². The SMILES string of the molecule is CN(Cc1cccc(C(N)=O)c1)C(=O)c1cnn(C2CCCCC2)c1. The molecule has 6 heteroatoms. The van der Waals surface area contributed by atoms with E-state index in [2.05, 4.69) is 5.10 Å². The molecule has 1 fully saturated rings. The van der Waals surface area contributed by atoms with Crippen molar-refractivity contribution in [3.8, 4) is 0 Å². The predicted molar refractivity (Wildman–Crippen MR) is 95.1 cm³/mol. The summed E-state index contributed by atoms with van der Waals surface area (Å²) in [5.41, 5.74) is 7.22. The molecule has 3 rings (SSSR count). The van der Waals surface area contributed by atoms with Gasteiger partial charge in [-0.25, -0.2) is 0 Å². The van der Waals surface area contributed by atoms with Crippen molar-refractivity contribution in [2.45, 2.75) is 44.7 Å². The fourth-order valence-electron chi connectivity index (χ4n) is 3.38. The molecule has 2 N–H and O–H groups in total. The van der Waals surface area contributed by atoms with Crippen LogP contribution in [-0.2, 0) is 6.54 Å². The molecule has 1 aliphatic rings. The Morgan fingerprint density at radius 1 is 1.24 bits per heavy atom. The third-order valence-corrected chi connectivity index (χ3v) is 4.78. The van der Waals surface area contributed by atoms with Gasteiger partial charge in [-0.3, -0.25) is 14.3 Å². The minimum Gasteiger partial charge on any atom is -0.366 e. The Balaban J connectivity index is 1.67. The Morgan fingerprint density at radius 3 is 2.72 bits per heavy atom. The monoisotopic (exact) mass is 340 g/mol. The Bertz CT molecular complexity index is 762. The van der Waals surface area contributed by atoms with E-state index in [-0.39, 0.29) is 5.91 Å². The minimum absolute atomic E-state index is 0.0773. The average molecular weight is 340 g/mol. The predicted octanol–water partition coefficient (Wildman–Crippen LogP) is 2.76. The van der Waals surface area contributed by atoms with Crippen molar-refractivity contribution in [1.82, 2.24) is 14.7 Å². The molecular weight excluding hydrogens is 316 g/mol. The molecule has 132 valence electrons. The van der Waals surface area contributed by atoms with Gasteiger partial charge in [-0.1, -0.05) is 31.4 Å². The number of rotatable bonds is 5. The summed E-state index contributed by atoms with van der Waals surface area (Å²) in [4.78, 5) is 25.6. The summed E-state index contributed by atoms with van der Waals surface area (Å²) >= 11 is 0. The number of benzene rings is 1. The third kappa shape index (κ3) is 4.07. The van der Waals surface area contributed by atoms with Crippen LogP contribution in [0.2, 0.25) is 0 Å². The molecule has 0 radical (unpaired) electrons. The first kappa shape index (κ1) is 17.2. The number of nitrogens with two attached hydrogens (primary N) is 1. The summed E-state index contributed by atoms with van der Waals surface area (Å²) in [6, 6.07) is 7.45. The van der Waals surface area contributed by atoms with Crippen LogP contribution in [0.4, 0.5) is 0 Å². The molecular formula is C19H24N4O2. The van der Waals surface area contributed by atoms with Gasteiger partial charge in [-0.15, -0.1) is 0 Å². The average Bonchev–Trinajstić information content (AvgIpc) is 3.12. The molecule has 0 bridgehead atoms. The summed E-state index contributed by atoms with van der Waals surface area (Å²) in [5, 5.41) is 4.40. The summed E-state index contributed by atoms with van der Waals surface area (Å²) < 4.78 is 1.94. The minimum atomic E-state index is -0.468. The Morgan fingerprint density at radius 2 is 2.00 bits per heavy atom. The van der Waals surface area contributed by atoms with Crippen LogP contribution in [0.1, 0.15) is 64.4 Å². The summed E-state index contributed by atoms with van der Waals surface area (Å²) in [6.07, 6.45) is 9.50. The van der Waals surface area contributed by atoms with Crippen LogP contribution in [0.25, 0.3) is 0 Å². The smallest absolute Gasteiger partial charge is 0.257 e. The van der Waals surface area contributed by atoms with Crippen LogP contribution in [0, 0.1) is 0 Å². The lowest BCUT2D eigenvalue weighted by Crippen LogP contribution is -2.26. The lowest BCUT2D eigenvalue weighted by molar-refractivity contribution is 0.0785. The highest BCUT2D eigenvalue weighted by Crippen LogP contribution is 2.27. The number of carbonyl (C=O) groups is 2. The van der Waals surface area contributed by atoms with Gasteiger partial charge >= 0.3 is 0 Å². The van der Waals surface area contributed by atoms with E-state index in [4.69, 9.17) is 5.73 Å². The van der Waals surface area contributed by atoms with E-state index in [0.29, 0.717) is 23.7 Å². The third-order valence-electron chi connectivity index (χ3n) is 4.78. The van der Waals surface area contributed by atoms with E-state index in [1.54, 1.807) is 36.3 Å². The van der Waals surface area contributed by atoms with Crippen LogP contribution in [0.3, 0.4) is 0 Å². The lowest BCUT2D eigenvalue weighted by atomic mass is 9.96. The molecule has 1 heterocycles. The van der Waals surface area contributed by atoms with Crippen molar-refractivity contribution in [3.63, 3.8) is 0 Å². The molecule has 1 saturated carbocycles. The molecule has 1 aromatic carbocycles. The summed E-state index contributed by atoms with van der Waals surface area (Å²) in [6.45, 7) is 0.411. The van der Waals surface area contributed by atoms with Gasteiger partial charge in [0.2, 0.25) is 5.91 Å².